The molecule has 1 amide bonds. The first-order valence-electron chi connectivity index (χ1n) is 9.45. The fourth-order valence-corrected chi connectivity index (χ4v) is 5.61. The van der Waals surface area contributed by atoms with E-state index in [2.05, 4.69) is 6.07 Å². The Hall–Kier alpha value is -2.18. The van der Waals surface area contributed by atoms with Gasteiger partial charge in [-0.05, 0) is 36.5 Å². The van der Waals surface area contributed by atoms with E-state index >= 15 is 0 Å². The monoisotopic (exact) mass is 384 g/mol. The van der Waals surface area contributed by atoms with E-state index in [0.717, 1.165) is 24.2 Å². The van der Waals surface area contributed by atoms with Gasteiger partial charge in [0.2, 0.25) is 15.9 Å². The van der Waals surface area contributed by atoms with Crippen molar-refractivity contribution in [1.29, 1.82) is 0 Å². The first-order chi connectivity index (χ1) is 13.0. The molecule has 0 N–H and O–H groups in total. The molecule has 2 aromatic carbocycles. The van der Waals surface area contributed by atoms with Crippen LogP contribution in [0.15, 0.2) is 54.6 Å². The summed E-state index contributed by atoms with van der Waals surface area (Å²) in [7, 11) is -3.34. The lowest BCUT2D eigenvalue weighted by molar-refractivity contribution is -0.123. The van der Waals surface area contributed by atoms with E-state index in [9.17, 15) is 13.2 Å². The molecule has 0 spiro atoms. The molecular formula is C21H24N2O3S. The Morgan fingerprint density at radius 3 is 2.33 bits per heavy atom. The Morgan fingerprint density at radius 1 is 0.926 bits per heavy atom. The van der Waals surface area contributed by atoms with Crippen LogP contribution in [-0.2, 0) is 27.0 Å². The summed E-state index contributed by atoms with van der Waals surface area (Å²) in [5.41, 5.74) is 3.03. The van der Waals surface area contributed by atoms with Crippen molar-refractivity contribution in [2.45, 2.75) is 25.0 Å². The maximum absolute atomic E-state index is 13.0. The molecule has 1 saturated heterocycles. The summed E-state index contributed by atoms with van der Waals surface area (Å²) in [6.45, 7) is 1.56. The van der Waals surface area contributed by atoms with Gasteiger partial charge in [-0.25, -0.2) is 12.7 Å². The predicted molar refractivity (Wildman–Crippen MR) is 106 cm³/mol. The maximum atomic E-state index is 13.0. The number of amides is 1. The number of anilines is 1. The smallest absolute Gasteiger partial charge is 0.230 e. The van der Waals surface area contributed by atoms with Gasteiger partial charge in [-0.3, -0.25) is 4.79 Å². The number of benzene rings is 2. The highest BCUT2D eigenvalue weighted by Crippen LogP contribution is 2.31. The number of carbonyl (C=O) groups excluding carboxylic acids is 1. The molecular weight excluding hydrogens is 360 g/mol. The van der Waals surface area contributed by atoms with Crippen LogP contribution in [0.5, 0.6) is 0 Å². The zero-order valence-corrected chi connectivity index (χ0v) is 16.1. The Balaban J connectivity index is 1.38. The summed E-state index contributed by atoms with van der Waals surface area (Å²) >= 11 is 0. The minimum atomic E-state index is -3.34. The molecule has 2 aliphatic rings. The summed E-state index contributed by atoms with van der Waals surface area (Å²) in [5.74, 6) is 0.0609. The topological polar surface area (TPSA) is 57.7 Å². The van der Waals surface area contributed by atoms with Gasteiger partial charge in [-0.1, -0.05) is 48.5 Å². The minimum absolute atomic E-state index is 0.0198. The highest BCUT2D eigenvalue weighted by atomic mass is 32.2. The van der Waals surface area contributed by atoms with Crippen LogP contribution in [0.4, 0.5) is 5.69 Å². The number of carbonyl (C=O) groups is 1. The predicted octanol–water partition coefficient (Wildman–Crippen LogP) is 2.82. The zero-order chi connectivity index (χ0) is 18.9. The second-order valence-electron chi connectivity index (χ2n) is 7.28. The molecule has 0 aliphatic carbocycles. The van der Waals surface area contributed by atoms with E-state index in [-0.39, 0.29) is 17.6 Å². The minimum Gasteiger partial charge on any atom is -0.312 e. The van der Waals surface area contributed by atoms with E-state index < -0.39 is 10.0 Å². The van der Waals surface area contributed by atoms with Gasteiger partial charge in [0.05, 0.1) is 5.75 Å². The molecule has 5 nitrogen and oxygen atoms in total. The Morgan fingerprint density at radius 2 is 1.59 bits per heavy atom. The summed E-state index contributed by atoms with van der Waals surface area (Å²) in [6, 6.07) is 17.3. The molecule has 0 atom stereocenters. The van der Waals surface area contributed by atoms with Gasteiger partial charge in [0.15, 0.2) is 0 Å². The van der Waals surface area contributed by atoms with Gasteiger partial charge in [-0.15, -0.1) is 0 Å². The van der Waals surface area contributed by atoms with Crippen molar-refractivity contribution in [2.24, 2.45) is 5.92 Å². The Bertz CT molecular complexity index is 919. The lowest BCUT2D eigenvalue weighted by Crippen LogP contribution is -2.44. The van der Waals surface area contributed by atoms with Crippen LogP contribution in [0, 0.1) is 5.92 Å². The summed E-state index contributed by atoms with van der Waals surface area (Å²) < 4.78 is 26.9. The van der Waals surface area contributed by atoms with Crippen LogP contribution in [-0.4, -0.2) is 38.3 Å². The molecule has 0 radical (unpaired) electrons. The SMILES string of the molecule is O=C(C1CCN(S(=O)(=O)Cc2ccccc2)CC1)N1CCc2ccccc21. The van der Waals surface area contributed by atoms with Gasteiger partial charge >= 0.3 is 0 Å². The molecule has 1 fully saturated rings. The van der Waals surface area contributed by atoms with E-state index in [4.69, 9.17) is 0 Å². The van der Waals surface area contributed by atoms with Crippen molar-refractivity contribution >= 4 is 21.6 Å². The van der Waals surface area contributed by atoms with Crippen molar-refractivity contribution < 1.29 is 13.2 Å². The standard InChI is InChI=1S/C21H24N2O3S/c24-21(23-15-12-18-8-4-5-9-20(18)23)19-10-13-22(14-11-19)27(25,26)16-17-6-2-1-3-7-17/h1-9,19H,10-16H2. The summed E-state index contributed by atoms with van der Waals surface area (Å²) in [5, 5.41) is 0. The average molecular weight is 385 g/mol. The van der Waals surface area contributed by atoms with E-state index in [1.54, 1.807) is 4.31 Å². The van der Waals surface area contributed by atoms with Gasteiger partial charge < -0.3 is 4.90 Å². The van der Waals surface area contributed by atoms with Crippen LogP contribution in [0.2, 0.25) is 0 Å². The van der Waals surface area contributed by atoms with Crippen LogP contribution < -0.4 is 4.90 Å². The first-order valence-corrected chi connectivity index (χ1v) is 11.1. The third-order valence-corrected chi connectivity index (χ3v) is 7.39. The third kappa shape index (κ3) is 3.77. The molecule has 0 bridgehead atoms. The van der Waals surface area contributed by atoms with Crippen molar-refractivity contribution in [3.8, 4) is 0 Å². The molecule has 142 valence electrons. The number of piperidine rings is 1. The quantitative estimate of drug-likeness (QED) is 0.814. The van der Waals surface area contributed by atoms with Gasteiger partial charge in [0.25, 0.3) is 0 Å². The van der Waals surface area contributed by atoms with Crippen LogP contribution >= 0.6 is 0 Å². The molecule has 27 heavy (non-hydrogen) atoms. The van der Waals surface area contributed by atoms with Crippen molar-refractivity contribution in [3.63, 3.8) is 0 Å². The Kier molecular flexibility index (Phi) is 5.02. The highest BCUT2D eigenvalue weighted by Gasteiger charge is 2.35. The molecule has 0 aromatic heterocycles. The third-order valence-electron chi connectivity index (χ3n) is 5.54. The Labute approximate surface area is 160 Å². The largest absolute Gasteiger partial charge is 0.312 e. The molecule has 2 aliphatic heterocycles. The number of rotatable bonds is 4. The van der Waals surface area contributed by atoms with Gasteiger partial charge in [-0.2, -0.15) is 0 Å². The van der Waals surface area contributed by atoms with Gasteiger partial charge in [0, 0.05) is 31.2 Å². The average Bonchev–Trinajstić information content (AvgIpc) is 3.12. The van der Waals surface area contributed by atoms with E-state index in [1.807, 2.05) is 53.4 Å². The maximum Gasteiger partial charge on any atom is 0.230 e. The number of para-hydroxylation sites is 1. The number of hydrogen-bond donors (Lipinski definition) is 0. The second-order valence-corrected chi connectivity index (χ2v) is 9.25. The fourth-order valence-electron chi connectivity index (χ4n) is 4.04. The summed E-state index contributed by atoms with van der Waals surface area (Å²) in [4.78, 5) is 14.9. The molecule has 0 saturated carbocycles. The van der Waals surface area contributed by atoms with Crippen molar-refractivity contribution in [2.75, 3.05) is 24.5 Å². The normalized spacial score (nSPS) is 18.4. The number of nitrogens with zero attached hydrogens (tertiary/aromatic N) is 2. The first kappa shape index (κ1) is 18.2. The zero-order valence-electron chi connectivity index (χ0n) is 15.3. The molecule has 2 heterocycles. The highest BCUT2D eigenvalue weighted by molar-refractivity contribution is 7.88. The number of fused-ring (bicyclic) bond motifs is 1. The van der Waals surface area contributed by atoms with Crippen molar-refractivity contribution in [1.82, 2.24) is 4.31 Å². The van der Waals surface area contributed by atoms with Crippen LogP contribution in [0.1, 0.15) is 24.0 Å². The molecule has 6 heteroatoms. The lowest BCUT2D eigenvalue weighted by atomic mass is 9.96. The lowest BCUT2D eigenvalue weighted by Gasteiger charge is -2.32. The summed E-state index contributed by atoms with van der Waals surface area (Å²) in [6.07, 6.45) is 2.07. The molecule has 2 aromatic rings. The molecule has 0 unspecified atom stereocenters. The fraction of sp³-hybridized carbons (Fsp3) is 0.381. The second kappa shape index (κ2) is 7.44. The van der Waals surface area contributed by atoms with E-state index in [0.29, 0.717) is 25.9 Å². The van der Waals surface area contributed by atoms with E-state index in [1.165, 1.54) is 5.56 Å². The number of sulfonamides is 1. The van der Waals surface area contributed by atoms with Gasteiger partial charge in [0.1, 0.15) is 0 Å². The van der Waals surface area contributed by atoms with Crippen LogP contribution in [0.25, 0.3) is 0 Å². The molecule has 4 rings (SSSR count). The van der Waals surface area contributed by atoms with Crippen molar-refractivity contribution in [3.05, 3.63) is 65.7 Å². The van der Waals surface area contributed by atoms with Crippen LogP contribution in [0.3, 0.4) is 0 Å². The number of hydrogen-bond acceptors (Lipinski definition) is 3.